The van der Waals surface area contributed by atoms with Crippen LogP contribution in [-0.4, -0.2) is 51.4 Å². The van der Waals surface area contributed by atoms with E-state index < -0.39 is 5.60 Å². The molecule has 1 atom stereocenters. The molecule has 8 heteroatoms. The first-order valence-electron chi connectivity index (χ1n) is 7.43. The molecule has 0 unspecified atom stereocenters. The van der Waals surface area contributed by atoms with Gasteiger partial charge < -0.3 is 19.8 Å². The van der Waals surface area contributed by atoms with E-state index in [2.05, 4.69) is 20.4 Å². The molecule has 1 saturated heterocycles. The number of hydrogen-bond donors (Lipinski definition) is 2. The number of amides is 1. The lowest BCUT2D eigenvalue weighted by atomic mass is 10.0. The van der Waals surface area contributed by atoms with Gasteiger partial charge in [-0.2, -0.15) is 0 Å². The van der Waals surface area contributed by atoms with Crippen LogP contribution < -0.4 is 10.2 Å². The largest absolute Gasteiger partial charge is 0.386 e. The van der Waals surface area contributed by atoms with Crippen LogP contribution in [0.15, 0.2) is 23.1 Å². The van der Waals surface area contributed by atoms with Crippen molar-refractivity contribution < 1.29 is 14.4 Å². The molecule has 1 aliphatic rings. The molecule has 1 fully saturated rings. The van der Waals surface area contributed by atoms with Crippen LogP contribution >= 0.6 is 0 Å². The third kappa shape index (κ3) is 3.16. The Morgan fingerprint density at radius 3 is 2.96 bits per heavy atom. The molecule has 1 aliphatic heterocycles. The minimum atomic E-state index is -0.994. The second-order valence-electron chi connectivity index (χ2n) is 5.84. The number of β-amino-alcohol motifs (C(OH)–C–C–N with tert-alkyl or cyclic N) is 1. The highest BCUT2D eigenvalue weighted by atomic mass is 16.5. The van der Waals surface area contributed by atoms with Gasteiger partial charge in [0.2, 0.25) is 0 Å². The summed E-state index contributed by atoms with van der Waals surface area (Å²) in [4.78, 5) is 22.5. The molecule has 122 valence electrons. The smallest absolute Gasteiger partial charge is 0.256 e. The van der Waals surface area contributed by atoms with Gasteiger partial charge in [-0.1, -0.05) is 5.16 Å². The van der Waals surface area contributed by atoms with Gasteiger partial charge in [-0.25, -0.2) is 4.98 Å². The van der Waals surface area contributed by atoms with E-state index in [1.165, 1.54) is 0 Å². The fourth-order valence-electron chi connectivity index (χ4n) is 2.79. The Labute approximate surface area is 133 Å². The van der Waals surface area contributed by atoms with Gasteiger partial charge in [0.25, 0.3) is 5.91 Å². The summed E-state index contributed by atoms with van der Waals surface area (Å²) in [6.07, 6.45) is 5.43. The van der Waals surface area contributed by atoms with Crippen LogP contribution in [0.1, 0.15) is 28.2 Å². The van der Waals surface area contributed by atoms with Crippen molar-refractivity contribution in [2.45, 2.75) is 25.9 Å². The van der Waals surface area contributed by atoms with Crippen molar-refractivity contribution in [2.24, 2.45) is 0 Å². The predicted molar refractivity (Wildman–Crippen MR) is 82.1 cm³/mol. The highest BCUT2D eigenvalue weighted by Crippen LogP contribution is 2.24. The first kappa shape index (κ1) is 15.4. The number of hydrogen-bond acceptors (Lipinski definition) is 7. The fraction of sp³-hybridized carbons (Fsp3) is 0.467. The topological polar surface area (TPSA) is 104 Å². The van der Waals surface area contributed by atoms with Gasteiger partial charge in [-0.05, 0) is 20.3 Å². The van der Waals surface area contributed by atoms with E-state index in [1.54, 1.807) is 32.4 Å². The lowest BCUT2D eigenvalue weighted by molar-refractivity contribution is 0.0575. The van der Waals surface area contributed by atoms with E-state index >= 15 is 0 Å². The van der Waals surface area contributed by atoms with Gasteiger partial charge in [0.1, 0.15) is 22.7 Å². The van der Waals surface area contributed by atoms with Crippen molar-refractivity contribution in [3.8, 4) is 0 Å². The maximum Gasteiger partial charge on any atom is 0.256 e. The lowest BCUT2D eigenvalue weighted by Crippen LogP contribution is -2.45. The SMILES string of the molecule is Cc1noc(C)c1C(=O)NC[C@]1(O)CCN(c2cnccn2)C1. The van der Waals surface area contributed by atoms with Crippen molar-refractivity contribution in [3.05, 3.63) is 35.6 Å². The first-order chi connectivity index (χ1) is 11.0. The van der Waals surface area contributed by atoms with E-state index in [9.17, 15) is 9.90 Å². The summed E-state index contributed by atoms with van der Waals surface area (Å²) in [5.41, 5.74) is -0.0245. The summed E-state index contributed by atoms with van der Waals surface area (Å²) >= 11 is 0. The Hall–Kier alpha value is -2.48. The molecular formula is C15H19N5O3. The van der Waals surface area contributed by atoms with Gasteiger partial charge in [-0.15, -0.1) is 0 Å². The number of aromatic nitrogens is 3. The Kier molecular flexibility index (Phi) is 3.99. The van der Waals surface area contributed by atoms with Crippen LogP contribution in [-0.2, 0) is 0 Å². The Balaban J connectivity index is 1.61. The van der Waals surface area contributed by atoms with Crippen LogP contribution in [0.4, 0.5) is 5.82 Å². The average molecular weight is 317 g/mol. The number of anilines is 1. The van der Waals surface area contributed by atoms with Gasteiger partial charge >= 0.3 is 0 Å². The van der Waals surface area contributed by atoms with E-state index in [4.69, 9.17) is 4.52 Å². The molecule has 0 bridgehead atoms. The molecule has 0 aliphatic carbocycles. The number of nitrogens with one attached hydrogen (secondary N) is 1. The number of aryl methyl sites for hydroxylation is 2. The standard InChI is InChI=1S/C15H19N5O3/c1-10-13(11(2)23-19-10)14(21)18-8-15(22)3-6-20(9-15)12-7-16-4-5-17-12/h4-5,7,22H,3,6,8-9H2,1-2H3,(H,18,21)/t15-/m1/s1. The molecule has 0 aromatic carbocycles. The number of nitrogens with zero attached hydrogens (tertiary/aromatic N) is 4. The van der Waals surface area contributed by atoms with Crippen LogP contribution in [0.2, 0.25) is 0 Å². The van der Waals surface area contributed by atoms with Crippen LogP contribution in [0.3, 0.4) is 0 Å². The molecular weight excluding hydrogens is 298 g/mol. The summed E-state index contributed by atoms with van der Waals surface area (Å²) in [5, 5.41) is 17.2. The van der Waals surface area contributed by atoms with Crippen molar-refractivity contribution in [1.29, 1.82) is 0 Å². The highest BCUT2D eigenvalue weighted by molar-refractivity contribution is 5.96. The number of rotatable bonds is 4. The predicted octanol–water partition coefficient (Wildman–Crippen LogP) is 0.453. The quantitative estimate of drug-likeness (QED) is 0.843. The first-order valence-corrected chi connectivity index (χ1v) is 7.43. The maximum absolute atomic E-state index is 12.2. The molecule has 2 N–H and O–H groups in total. The van der Waals surface area contributed by atoms with Gasteiger partial charge in [0.05, 0.1) is 11.9 Å². The molecule has 0 spiro atoms. The molecule has 3 rings (SSSR count). The second kappa shape index (κ2) is 5.96. The zero-order valence-electron chi connectivity index (χ0n) is 13.1. The lowest BCUT2D eigenvalue weighted by Gasteiger charge is -2.24. The Bertz CT molecular complexity index is 683. The van der Waals surface area contributed by atoms with E-state index in [1.807, 2.05) is 4.90 Å². The van der Waals surface area contributed by atoms with E-state index in [0.717, 1.165) is 5.82 Å². The van der Waals surface area contributed by atoms with E-state index in [-0.39, 0.29) is 12.5 Å². The Morgan fingerprint density at radius 2 is 2.30 bits per heavy atom. The minimum Gasteiger partial charge on any atom is -0.386 e. The summed E-state index contributed by atoms with van der Waals surface area (Å²) in [6.45, 7) is 4.62. The molecule has 0 radical (unpaired) electrons. The van der Waals surface area contributed by atoms with Crippen molar-refractivity contribution >= 4 is 11.7 Å². The molecule has 1 amide bonds. The van der Waals surface area contributed by atoms with Gasteiger partial charge in [-0.3, -0.25) is 9.78 Å². The minimum absolute atomic E-state index is 0.159. The molecule has 2 aromatic rings. The zero-order chi connectivity index (χ0) is 16.4. The molecule has 8 nitrogen and oxygen atoms in total. The third-order valence-corrected chi connectivity index (χ3v) is 4.04. The van der Waals surface area contributed by atoms with Crippen LogP contribution in [0, 0.1) is 13.8 Å². The van der Waals surface area contributed by atoms with Crippen molar-refractivity contribution in [3.63, 3.8) is 0 Å². The molecule has 2 aromatic heterocycles. The average Bonchev–Trinajstić information content (AvgIpc) is 3.10. The maximum atomic E-state index is 12.2. The monoisotopic (exact) mass is 317 g/mol. The zero-order valence-corrected chi connectivity index (χ0v) is 13.1. The third-order valence-electron chi connectivity index (χ3n) is 4.04. The molecule has 23 heavy (non-hydrogen) atoms. The van der Waals surface area contributed by atoms with Crippen molar-refractivity contribution in [2.75, 3.05) is 24.5 Å². The summed E-state index contributed by atoms with van der Waals surface area (Å²) in [6, 6.07) is 0. The fourth-order valence-corrected chi connectivity index (χ4v) is 2.79. The van der Waals surface area contributed by atoms with Gasteiger partial charge in [0, 0.05) is 32.0 Å². The van der Waals surface area contributed by atoms with E-state index in [0.29, 0.717) is 36.5 Å². The number of aliphatic hydroxyl groups is 1. The van der Waals surface area contributed by atoms with Crippen molar-refractivity contribution in [1.82, 2.24) is 20.4 Å². The summed E-state index contributed by atoms with van der Waals surface area (Å²) < 4.78 is 4.99. The number of carbonyl (C=O) groups excluding carboxylic acids is 1. The Morgan fingerprint density at radius 1 is 1.48 bits per heavy atom. The normalized spacial score (nSPS) is 20.7. The van der Waals surface area contributed by atoms with Crippen LogP contribution in [0.5, 0.6) is 0 Å². The molecule has 3 heterocycles. The second-order valence-corrected chi connectivity index (χ2v) is 5.84. The summed E-state index contributed by atoms with van der Waals surface area (Å²) in [5.74, 6) is 0.910. The van der Waals surface area contributed by atoms with Gasteiger partial charge in [0.15, 0.2) is 0 Å². The van der Waals surface area contributed by atoms with Crippen LogP contribution in [0.25, 0.3) is 0 Å². The highest BCUT2D eigenvalue weighted by Gasteiger charge is 2.37. The molecule has 0 saturated carbocycles. The number of carbonyl (C=O) groups is 1. The summed E-state index contributed by atoms with van der Waals surface area (Å²) in [7, 11) is 0.